The third-order valence-corrected chi connectivity index (χ3v) is 3.16. The molecule has 0 radical (unpaired) electrons. The SMILES string of the molecule is C=C/C(C1=CC=CCC=C1)=C(F)\C=C(/C)C(C)C(=O)O. The Morgan fingerprint density at radius 3 is 2.80 bits per heavy atom. The van der Waals surface area contributed by atoms with Gasteiger partial charge in [-0.25, -0.2) is 4.39 Å². The normalized spacial score (nSPS) is 17.9. The summed E-state index contributed by atoms with van der Waals surface area (Å²) in [7, 11) is 0. The standard InChI is InChI=1S/C17H19FO2/c1-4-15(14-9-7-5-6-8-10-14)16(18)11-12(2)13(3)17(19)20/h4-5,7-11,13H,1,6H2,2-3H3,(H,19,20)/b12-11+,16-15-. The van der Waals surface area contributed by atoms with Crippen LogP contribution in [-0.4, -0.2) is 11.1 Å². The molecule has 0 aliphatic heterocycles. The minimum Gasteiger partial charge on any atom is -0.481 e. The first-order chi connectivity index (χ1) is 9.47. The van der Waals surface area contributed by atoms with Crippen molar-refractivity contribution in [1.29, 1.82) is 0 Å². The maximum Gasteiger partial charge on any atom is 0.310 e. The van der Waals surface area contributed by atoms with E-state index in [1.807, 2.05) is 30.4 Å². The van der Waals surface area contributed by atoms with Gasteiger partial charge in [-0.1, -0.05) is 48.6 Å². The van der Waals surface area contributed by atoms with Crippen LogP contribution in [0.2, 0.25) is 0 Å². The molecular weight excluding hydrogens is 255 g/mol. The molecule has 106 valence electrons. The highest BCUT2D eigenvalue weighted by molar-refractivity contribution is 5.73. The van der Waals surface area contributed by atoms with Crippen molar-refractivity contribution in [2.24, 2.45) is 5.92 Å². The van der Waals surface area contributed by atoms with E-state index < -0.39 is 17.7 Å². The minimum absolute atomic E-state index is 0.365. The van der Waals surface area contributed by atoms with Gasteiger partial charge in [0.1, 0.15) is 5.83 Å². The zero-order valence-corrected chi connectivity index (χ0v) is 11.8. The van der Waals surface area contributed by atoms with Crippen molar-refractivity contribution >= 4 is 5.97 Å². The second-order valence-corrected chi connectivity index (χ2v) is 4.60. The lowest BCUT2D eigenvalue weighted by atomic mass is 9.99. The Labute approximate surface area is 119 Å². The molecule has 0 aromatic rings. The van der Waals surface area contributed by atoms with Gasteiger partial charge in [0, 0.05) is 5.57 Å². The molecule has 20 heavy (non-hydrogen) atoms. The summed E-state index contributed by atoms with van der Waals surface area (Å²) in [6.07, 6.45) is 12.9. The van der Waals surface area contributed by atoms with E-state index in [9.17, 15) is 9.18 Å². The van der Waals surface area contributed by atoms with Crippen molar-refractivity contribution in [2.75, 3.05) is 0 Å². The van der Waals surface area contributed by atoms with Crippen molar-refractivity contribution in [2.45, 2.75) is 20.3 Å². The number of aliphatic carboxylic acids is 1. The van der Waals surface area contributed by atoms with Crippen LogP contribution in [0, 0.1) is 5.92 Å². The summed E-state index contributed by atoms with van der Waals surface area (Å²) < 4.78 is 14.3. The van der Waals surface area contributed by atoms with Gasteiger partial charge in [0.25, 0.3) is 0 Å². The molecule has 0 bridgehead atoms. The first-order valence-corrected chi connectivity index (χ1v) is 6.44. The molecular formula is C17H19FO2. The number of hydrogen-bond donors (Lipinski definition) is 1. The molecule has 0 amide bonds. The molecule has 0 spiro atoms. The Bertz CT molecular complexity index is 545. The van der Waals surface area contributed by atoms with Gasteiger partial charge >= 0.3 is 5.97 Å². The van der Waals surface area contributed by atoms with Crippen LogP contribution >= 0.6 is 0 Å². The highest BCUT2D eigenvalue weighted by atomic mass is 19.1. The Kier molecular flexibility index (Phi) is 5.91. The van der Waals surface area contributed by atoms with E-state index in [2.05, 4.69) is 6.58 Å². The molecule has 0 saturated heterocycles. The summed E-state index contributed by atoms with van der Waals surface area (Å²) in [6, 6.07) is 0. The second kappa shape index (κ2) is 7.43. The molecule has 1 aliphatic rings. The highest BCUT2D eigenvalue weighted by Crippen LogP contribution is 2.23. The van der Waals surface area contributed by atoms with Crippen molar-refractivity contribution in [3.8, 4) is 0 Å². The predicted molar refractivity (Wildman–Crippen MR) is 79.9 cm³/mol. The number of carbonyl (C=O) groups is 1. The maximum absolute atomic E-state index is 14.3. The average Bonchev–Trinajstić information content (AvgIpc) is 2.67. The summed E-state index contributed by atoms with van der Waals surface area (Å²) in [4.78, 5) is 10.9. The van der Waals surface area contributed by atoms with E-state index in [0.717, 1.165) is 12.0 Å². The zero-order chi connectivity index (χ0) is 15.1. The van der Waals surface area contributed by atoms with Crippen LogP contribution in [0.5, 0.6) is 0 Å². The molecule has 1 unspecified atom stereocenters. The van der Waals surface area contributed by atoms with Gasteiger partial charge in [-0.2, -0.15) is 0 Å². The molecule has 0 aromatic heterocycles. The lowest BCUT2D eigenvalue weighted by Crippen LogP contribution is -2.10. The molecule has 3 heteroatoms. The number of allylic oxidation sites excluding steroid dienone is 10. The fourth-order valence-electron chi connectivity index (χ4n) is 1.71. The van der Waals surface area contributed by atoms with Crippen LogP contribution in [0.3, 0.4) is 0 Å². The van der Waals surface area contributed by atoms with Gasteiger partial charge in [0.15, 0.2) is 0 Å². The van der Waals surface area contributed by atoms with Gasteiger partial charge < -0.3 is 5.11 Å². The predicted octanol–water partition coefficient (Wildman–Crippen LogP) is 4.51. The van der Waals surface area contributed by atoms with Gasteiger partial charge in [-0.05, 0) is 31.9 Å². The molecule has 0 heterocycles. The van der Waals surface area contributed by atoms with Gasteiger partial charge in [-0.15, -0.1) is 0 Å². The van der Waals surface area contributed by atoms with Crippen molar-refractivity contribution in [3.05, 3.63) is 71.7 Å². The molecule has 0 aromatic carbocycles. The molecule has 0 fully saturated rings. The van der Waals surface area contributed by atoms with E-state index in [0.29, 0.717) is 11.1 Å². The van der Waals surface area contributed by atoms with E-state index >= 15 is 0 Å². The quantitative estimate of drug-likeness (QED) is 0.749. The summed E-state index contributed by atoms with van der Waals surface area (Å²) >= 11 is 0. The Balaban J connectivity index is 3.16. The van der Waals surface area contributed by atoms with E-state index in [-0.39, 0.29) is 0 Å². The molecule has 1 aliphatic carbocycles. The Morgan fingerprint density at radius 2 is 2.20 bits per heavy atom. The molecule has 0 saturated carbocycles. The van der Waals surface area contributed by atoms with Crippen molar-refractivity contribution in [1.82, 2.24) is 0 Å². The highest BCUT2D eigenvalue weighted by Gasteiger charge is 2.14. The Hall–Kier alpha value is -2.16. The minimum atomic E-state index is -0.969. The average molecular weight is 274 g/mol. The second-order valence-electron chi connectivity index (χ2n) is 4.60. The first-order valence-electron chi connectivity index (χ1n) is 6.44. The summed E-state index contributed by atoms with van der Waals surface area (Å²) in [5.74, 6) is -2.16. The monoisotopic (exact) mass is 274 g/mol. The molecule has 2 nitrogen and oxygen atoms in total. The summed E-state index contributed by atoms with van der Waals surface area (Å²) in [5, 5.41) is 8.92. The first kappa shape index (κ1) is 15.9. The molecule has 1 atom stereocenters. The van der Waals surface area contributed by atoms with Gasteiger partial charge in [0.2, 0.25) is 0 Å². The van der Waals surface area contributed by atoms with Crippen LogP contribution in [0.4, 0.5) is 4.39 Å². The van der Waals surface area contributed by atoms with Crippen LogP contribution < -0.4 is 0 Å². The molecule has 1 rings (SSSR count). The van der Waals surface area contributed by atoms with Crippen molar-refractivity contribution in [3.63, 3.8) is 0 Å². The largest absolute Gasteiger partial charge is 0.481 e. The molecule has 1 N–H and O–H groups in total. The number of carboxylic acid groups (broad SMARTS) is 1. The fraction of sp³-hybridized carbons (Fsp3) is 0.235. The van der Waals surface area contributed by atoms with Crippen LogP contribution in [0.15, 0.2) is 71.7 Å². The number of halogens is 1. The lowest BCUT2D eigenvalue weighted by Gasteiger charge is -2.08. The van der Waals surface area contributed by atoms with Crippen LogP contribution in [0.25, 0.3) is 0 Å². The van der Waals surface area contributed by atoms with Crippen LogP contribution in [-0.2, 0) is 4.79 Å². The Morgan fingerprint density at radius 1 is 1.50 bits per heavy atom. The smallest absolute Gasteiger partial charge is 0.310 e. The van der Waals surface area contributed by atoms with Gasteiger partial charge in [0.05, 0.1) is 5.92 Å². The van der Waals surface area contributed by atoms with E-state index in [4.69, 9.17) is 5.11 Å². The summed E-state index contributed by atoms with van der Waals surface area (Å²) in [5.41, 5.74) is 1.55. The third-order valence-electron chi connectivity index (χ3n) is 3.16. The van der Waals surface area contributed by atoms with E-state index in [1.165, 1.54) is 19.1 Å². The lowest BCUT2D eigenvalue weighted by molar-refractivity contribution is -0.139. The fourth-order valence-corrected chi connectivity index (χ4v) is 1.71. The van der Waals surface area contributed by atoms with Crippen molar-refractivity contribution < 1.29 is 14.3 Å². The van der Waals surface area contributed by atoms with E-state index in [1.54, 1.807) is 6.92 Å². The topological polar surface area (TPSA) is 37.3 Å². The number of carboxylic acids is 1. The third kappa shape index (κ3) is 4.19. The van der Waals surface area contributed by atoms with Crippen LogP contribution in [0.1, 0.15) is 20.3 Å². The zero-order valence-electron chi connectivity index (χ0n) is 11.8. The maximum atomic E-state index is 14.3. The van der Waals surface area contributed by atoms with Gasteiger partial charge in [-0.3, -0.25) is 4.79 Å². The number of rotatable bonds is 5. The number of hydrogen-bond acceptors (Lipinski definition) is 1. The summed E-state index contributed by atoms with van der Waals surface area (Å²) in [6.45, 7) is 6.77.